The van der Waals surface area contributed by atoms with Crippen LogP contribution in [0.3, 0.4) is 0 Å². The molecule has 2 aliphatic heterocycles. The van der Waals surface area contributed by atoms with Crippen LogP contribution in [-0.4, -0.2) is 68.5 Å². The fourth-order valence-electron chi connectivity index (χ4n) is 6.63. The summed E-state index contributed by atoms with van der Waals surface area (Å²) >= 11 is 12.1. The molecule has 2 aromatic rings. The number of sulfonamides is 1. The molecule has 1 amide bonds. The number of benzene rings is 2. The number of morpholine rings is 1. The van der Waals surface area contributed by atoms with Crippen molar-refractivity contribution in [3.63, 3.8) is 0 Å². The second-order valence-corrected chi connectivity index (χ2v) is 13.9. The highest BCUT2D eigenvalue weighted by Crippen LogP contribution is 2.39. The second-order valence-electron chi connectivity index (χ2n) is 11.2. The first kappa shape index (κ1) is 29.8. The number of carbonyl (C=O) groups excluding carboxylic acids is 1. The van der Waals surface area contributed by atoms with Crippen molar-refractivity contribution in [2.24, 2.45) is 5.92 Å². The number of nitrogens with one attached hydrogen (secondary N) is 1. The molecule has 218 valence electrons. The molecule has 1 saturated carbocycles. The highest BCUT2D eigenvalue weighted by atomic mass is 35.5. The Morgan fingerprint density at radius 1 is 0.925 bits per heavy atom. The van der Waals surface area contributed by atoms with Gasteiger partial charge in [-0.2, -0.15) is 4.31 Å². The normalized spacial score (nSPS) is 25.8. The van der Waals surface area contributed by atoms with Crippen LogP contribution in [0, 0.1) is 5.92 Å². The standard InChI is InChI=1S/C30H39Cl2N3O4S/c31-27-14-13-26(21-28(27)32)40(37,38)35-15-5-4-8-25(35)20-29(36)33-24-11-9-23(10-12-24)30(22-6-2-1-3-7-22)34-16-18-39-19-17-34/h1-3,6-7,13-14,21,23-25,30H,4-5,8-12,15-20H2,(H,33,36). The molecule has 3 fully saturated rings. The molecule has 3 aliphatic rings. The lowest BCUT2D eigenvalue weighted by atomic mass is 9.78. The van der Waals surface area contributed by atoms with Gasteiger partial charge < -0.3 is 10.1 Å². The number of hydrogen-bond acceptors (Lipinski definition) is 5. The first-order valence-corrected chi connectivity index (χ1v) is 16.7. The minimum Gasteiger partial charge on any atom is -0.379 e. The van der Waals surface area contributed by atoms with Gasteiger partial charge in [-0.3, -0.25) is 9.69 Å². The van der Waals surface area contributed by atoms with E-state index in [1.807, 2.05) is 0 Å². The maximum absolute atomic E-state index is 13.5. The van der Waals surface area contributed by atoms with Crippen LogP contribution >= 0.6 is 23.2 Å². The van der Waals surface area contributed by atoms with Gasteiger partial charge in [0.2, 0.25) is 15.9 Å². The summed E-state index contributed by atoms with van der Waals surface area (Å²) in [5.74, 6) is 0.455. The van der Waals surface area contributed by atoms with Crippen LogP contribution in [0.15, 0.2) is 53.4 Å². The summed E-state index contributed by atoms with van der Waals surface area (Å²) < 4.78 is 34.0. The van der Waals surface area contributed by atoms with Crippen molar-refractivity contribution in [2.75, 3.05) is 32.8 Å². The summed E-state index contributed by atoms with van der Waals surface area (Å²) in [7, 11) is -3.79. The molecule has 0 spiro atoms. The molecule has 0 aromatic heterocycles. The van der Waals surface area contributed by atoms with Crippen molar-refractivity contribution in [2.45, 2.75) is 74.4 Å². The van der Waals surface area contributed by atoms with E-state index in [-0.39, 0.29) is 34.3 Å². The zero-order valence-corrected chi connectivity index (χ0v) is 25.1. The Hall–Kier alpha value is -1.68. The van der Waals surface area contributed by atoms with Crippen molar-refractivity contribution in [3.05, 3.63) is 64.1 Å². The lowest BCUT2D eigenvalue weighted by Crippen LogP contribution is -2.48. The van der Waals surface area contributed by atoms with Gasteiger partial charge in [0.15, 0.2) is 0 Å². The lowest BCUT2D eigenvalue weighted by Gasteiger charge is -2.42. The number of halogens is 2. The van der Waals surface area contributed by atoms with Gasteiger partial charge in [0.05, 0.1) is 28.2 Å². The maximum atomic E-state index is 13.5. The van der Waals surface area contributed by atoms with E-state index in [0.717, 1.165) is 64.8 Å². The van der Waals surface area contributed by atoms with Crippen LogP contribution in [0.25, 0.3) is 0 Å². The van der Waals surface area contributed by atoms with E-state index >= 15 is 0 Å². The van der Waals surface area contributed by atoms with Crippen LogP contribution in [0.2, 0.25) is 10.0 Å². The Kier molecular flexibility index (Phi) is 10.1. The average Bonchev–Trinajstić information content (AvgIpc) is 2.97. The third-order valence-corrected chi connectivity index (χ3v) is 11.3. The number of nitrogens with zero attached hydrogens (tertiary/aromatic N) is 2. The molecule has 40 heavy (non-hydrogen) atoms. The maximum Gasteiger partial charge on any atom is 0.243 e. The van der Waals surface area contributed by atoms with Crippen LogP contribution in [-0.2, 0) is 19.6 Å². The number of hydrogen-bond donors (Lipinski definition) is 1. The Bertz CT molecular complexity index is 1250. The second kappa shape index (κ2) is 13.5. The van der Waals surface area contributed by atoms with E-state index in [1.165, 1.54) is 28.1 Å². The van der Waals surface area contributed by atoms with Crippen molar-refractivity contribution < 1.29 is 17.9 Å². The molecule has 2 atom stereocenters. The van der Waals surface area contributed by atoms with Gasteiger partial charge >= 0.3 is 0 Å². The summed E-state index contributed by atoms with van der Waals surface area (Å²) in [5, 5.41) is 3.75. The molecule has 2 saturated heterocycles. The molecular weight excluding hydrogens is 569 g/mol. The number of ether oxygens (including phenoxy) is 1. The van der Waals surface area contributed by atoms with Gasteiger partial charge in [0.25, 0.3) is 0 Å². The molecule has 7 nitrogen and oxygen atoms in total. The van der Waals surface area contributed by atoms with Gasteiger partial charge in [0.1, 0.15) is 0 Å². The smallest absolute Gasteiger partial charge is 0.243 e. The quantitative estimate of drug-likeness (QED) is 0.418. The predicted molar refractivity (Wildman–Crippen MR) is 158 cm³/mol. The first-order chi connectivity index (χ1) is 19.3. The van der Waals surface area contributed by atoms with Crippen LogP contribution in [0.1, 0.15) is 63.0 Å². The van der Waals surface area contributed by atoms with Gasteiger partial charge in [-0.05, 0) is 68.2 Å². The third-order valence-electron chi connectivity index (χ3n) is 8.66. The SMILES string of the molecule is O=C(CC1CCCCN1S(=O)(=O)c1ccc(Cl)c(Cl)c1)NC1CCC(C(c2ccccc2)N2CCOCC2)CC1. The summed E-state index contributed by atoms with van der Waals surface area (Å²) in [6.45, 7) is 3.83. The van der Waals surface area contributed by atoms with Gasteiger partial charge in [-0.1, -0.05) is 60.0 Å². The Labute approximate surface area is 248 Å². The van der Waals surface area contributed by atoms with Crippen molar-refractivity contribution >= 4 is 39.1 Å². The fraction of sp³-hybridized carbons (Fsp3) is 0.567. The molecule has 5 rings (SSSR count). The highest BCUT2D eigenvalue weighted by Gasteiger charge is 2.37. The minimum atomic E-state index is -3.79. The van der Waals surface area contributed by atoms with Gasteiger partial charge in [-0.25, -0.2) is 8.42 Å². The van der Waals surface area contributed by atoms with Gasteiger partial charge in [0, 0.05) is 44.2 Å². The Morgan fingerprint density at radius 2 is 1.65 bits per heavy atom. The number of amides is 1. The number of piperidine rings is 1. The molecule has 2 aromatic carbocycles. The van der Waals surface area contributed by atoms with E-state index in [1.54, 1.807) is 0 Å². The molecule has 2 unspecified atom stereocenters. The number of carbonyl (C=O) groups is 1. The van der Waals surface area contributed by atoms with Crippen LogP contribution in [0.4, 0.5) is 0 Å². The summed E-state index contributed by atoms with van der Waals surface area (Å²) in [4.78, 5) is 15.9. The third kappa shape index (κ3) is 7.02. The predicted octanol–water partition coefficient (Wildman–Crippen LogP) is 5.68. The molecular formula is C30H39Cl2N3O4S. The summed E-state index contributed by atoms with van der Waals surface area (Å²) in [6.07, 6.45) is 6.46. The molecule has 1 aliphatic carbocycles. The molecule has 0 bridgehead atoms. The van der Waals surface area contributed by atoms with E-state index < -0.39 is 10.0 Å². The zero-order valence-electron chi connectivity index (χ0n) is 22.8. The largest absolute Gasteiger partial charge is 0.379 e. The Morgan fingerprint density at radius 3 is 2.35 bits per heavy atom. The first-order valence-electron chi connectivity index (χ1n) is 14.5. The van der Waals surface area contributed by atoms with E-state index in [2.05, 4.69) is 40.5 Å². The monoisotopic (exact) mass is 607 g/mol. The number of rotatable bonds is 8. The molecule has 0 radical (unpaired) electrons. The van der Waals surface area contributed by atoms with Gasteiger partial charge in [-0.15, -0.1) is 0 Å². The van der Waals surface area contributed by atoms with Crippen LogP contribution in [0.5, 0.6) is 0 Å². The van der Waals surface area contributed by atoms with Crippen molar-refractivity contribution in [3.8, 4) is 0 Å². The van der Waals surface area contributed by atoms with Crippen LogP contribution < -0.4 is 5.32 Å². The highest BCUT2D eigenvalue weighted by molar-refractivity contribution is 7.89. The summed E-state index contributed by atoms with van der Waals surface area (Å²) in [6, 6.07) is 15.2. The minimum absolute atomic E-state index is 0.0718. The summed E-state index contributed by atoms with van der Waals surface area (Å²) in [5.41, 5.74) is 1.36. The topological polar surface area (TPSA) is 79.0 Å². The molecule has 10 heteroatoms. The van der Waals surface area contributed by atoms with E-state index in [4.69, 9.17) is 27.9 Å². The zero-order chi connectivity index (χ0) is 28.1. The fourth-order valence-corrected chi connectivity index (χ4v) is 8.72. The molecule has 1 N–H and O–H groups in total. The van der Waals surface area contributed by atoms with Crippen molar-refractivity contribution in [1.29, 1.82) is 0 Å². The Balaban J connectivity index is 1.19. The van der Waals surface area contributed by atoms with E-state index in [9.17, 15) is 13.2 Å². The lowest BCUT2D eigenvalue weighted by molar-refractivity contribution is -0.123. The molecule has 2 heterocycles. The van der Waals surface area contributed by atoms with E-state index in [0.29, 0.717) is 29.9 Å². The van der Waals surface area contributed by atoms with Crippen molar-refractivity contribution in [1.82, 2.24) is 14.5 Å². The average molecular weight is 609 g/mol.